The lowest BCUT2D eigenvalue weighted by Crippen LogP contribution is -2.45. The number of aliphatic hydroxyl groups is 2. The van der Waals surface area contributed by atoms with E-state index in [0.29, 0.717) is 5.92 Å². The number of cyclic esters (lactones) is 1. The normalized spacial score (nSPS) is 41.9. The molecule has 1 heterocycles. The Balaban J connectivity index is 2.24. The quantitative estimate of drug-likeness (QED) is 0.505. The topological polar surface area (TPSA) is 83.8 Å². The number of Topliss-reactive ketones (excluding diaryl/α,β-unsaturated/α-hetero) is 1. The van der Waals surface area contributed by atoms with E-state index in [9.17, 15) is 19.8 Å². The molecule has 5 heteroatoms. The minimum absolute atomic E-state index is 0.00346. The molecule has 0 aromatic heterocycles. The van der Waals surface area contributed by atoms with Gasteiger partial charge in [-0.3, -0.25) is 9.59 Å². The number of hydrogen-bond acceptors (Lipinski definition) is 5. The molecule has 0 bridgehead atoms. The molecule has 2 fully saturated rings. The van der Waals surface area contributed by atoms with Crippen LogP contribution in [0.5, 0.6) is 0 Å². The SMILES string of the molecule is C=C(C)[C@@H]1C[C@@H]2C[C@]2(C)CCC[C@H](C)[C@H](O)[C@@H](C)C(=O)C(C)(C)[C@@H](O)CC(=O)O1. The zero-order valence-corrected chi connectivity index (χ0v) is 19.0. The number of ketones is 1. The first kappa shape index (κ1) is 24.1. The number of carbonyl (C=O) groups excluding carboxylic acids is 2. The highest BCUT2D eigenvalue weighted by Crippen LogP contribution is 2.58. The van der Waals surface area contributed by atoms with Gasteiger partial charge < -0.3 is 14.9 Å². The van der Waals surface area contributed by atoms with Gasteiger partial charge in [0.25, 0.3) is 0 Å². The number of fused-ring (bicyclic) bond motifs is 1. The molecule has 2 N–H and O–H groups in total. The van der Waals surface area contributed by atoms with E-state index < -0.39 is 29.5 Å². The molecule has 7 atom stereocenters. The summed E-state index contributed by atoms with van der Waals surface area (Å²) in [6.45, 7) is 15.1. The highest BCUT2D eigenvalue weighted by Gasteiger charge is 2.50. The first-order chi connectivity index (χ1) is 13.3. The standard InChI is InChI=1S/C24H40O5/c1-14(2)18-11-17-13-24(17,7)10-8-9-15(3)21(27)16(4)22(28)23(5,6)19(25)12-20(26)29-18/h15-19,21,25,27H,1,8-13H2,2-7H3/t15-,16+,17+,18-,19-,21-,24-/m0/s1. The smallest absolute Gasteiger partial charge is 0.309 e. The average molecular weight is 409 g/mol. The molecule has 2 rings (SSSR count). The predicted molar refractivity (Wildman–Crippen MR) is 113 cm³/mol. The van der Waals surface area contributed by atoms with Gasteiger partial charge >= 0.3 is 5.97 Å². The summed E-state index contributed by atoms with van der Waals surface area (Å²) in [5.74, 6) is -0.848. The van der Waals surface area contributed by atoms with E-state index in [4.69, 9.17) is 4.74 Å². The van der Waals surface area contributed by atoms with Crippen molar-refractivity contribution in [3.63, 3.8) is 0 Å². The lowest BCUT2D eigenvalue weighted by Gasteiger charge is -2.34. The van der Waals surface area contributed by atoms with Gasteiger partial charge in [-0.1, -0.05) is 47.6 Å². The molecule has 0 amide bonds. The molecule has 0 radical (unpaired) electrons. The number of hydrogen-bond donors (Lipinski definition) is 2. The molecule has 2 aliphatic rings. The Bertz CT molecular complexity index is 639. The number of aliphatic hydroxyl groups excluding tert-OH is 2. The maximum absolute atomic E-state index is 13.0. The Labute approximate surface area is 175 Å². The van der Waals surface area contributed by atoms with E-state index >= 15 is 0 Å². The van der Waals surface area contributed by atoms with Crippen LogP contribution in [0.25, 0.3) is 0 Å². The van der Waals surface area contributed by atoms with Crippen LogP contribution in [0.1, 0.15) is 80.1 Å². The minimum atomic E-state index is -1.17. The van der Waals surface area contributed by atoms with Crippen LogP contribution in [0.4, 0.5) is 0 Å². The van der Waals surface area contributed by atoms with Crippen molar-refractivity contribution < 1.29 is 24.5 Å². The molecule has 1 saturated heterocycles. The van der Waals surface area contributed by atoms with Gasteiger partial charge in [-0.2, -0.15) is 0 Å². The number of carbonyl (C=O) groups is 2. The van der Waals surface area contributed by atoms with Gasteiger partial charge in [-0.05, 0) is 55.4 Å². The summed E-state index contributed by atoms with van der Waals surface area (Å²) >= 11 is 0. The second kappa shape index (κ2) is 8.89. The summed E-state index contributed by atoms with van der Waals surface area (Å²) in [7, 11) is 0. The molecule has 29 heavy (non-hydrogen) atoms. The van der Waals surface area contributed by atoms with Gasteiger partial charge in [0.2, 0.25) is 0 Å². The van der Waals surface area contributed by atoms with E-state index in [-0.39, 0.29) is 29.6 Å². The molecular formula is C24H40O5. The highest BCUT2D eigenvalue weighted by molar-refractivity contribution is 5.87. The van der Waals surface area contributed by atoms with E-state index in [1.165, 1.54) is 0 Å². The maximum Gasteiger partial charge on any atom is 0.309 e. The van der Waals surface area contributed by atoms with Crippen molar-refractivity contribution in [1.29, 1.82) is 0 Å². The van der Waals surface area contributed by atoms with Crippen molar-refractivity contribution in [3.8, 4) is 0 Å². The molecule has 1 aliphatic carbocycles. The van der Waals surface area contributed by atoms with E-state index in [2.05, 4.69) is 13.5 Å². The fraction of sp³-hybridized carbons (Fsp3) is 0.833. The van der Waals surface area contributed by atoms with Gasteiger partial charge in [-0.15, -0.1) is 0 Å². The Morgan fingerprint density at radius 1 is 1.17 bits per heavy atom. The average Bonchev–Trinajstić information content (AvgIpc) is 3.27. The molecule has 0 aromatic carbocycles. The van der Waals surface area contributed by atoms with Crippen molar-refractivity contribution in [2.75, 3.05) is 0 Å². The van der Waals surface area contributed by atoms with Crippen LogP contribution in [-0.4, -0.2) is 40.3 Å². The van der Waals surface area contributed by atoms with Crippen LogP contribution in [0, 0.1) is 28.6 Å². The fourth-order valence-electron chi connectivity index (χ4n) is 4.80. The van der Waals surface area contributed by atoms with E-state index in [1.807, 2.05) is 13.8 Å². The van der Waals surface area contributed by atoms with Gasteiger partial charge in [0.05, 0.1) is 24.0 Å². The number of esters is 1. The van der Waals surface area contributed by atoms with Crippen molar-refractivity contribution in [2.24, 2.45) is 28.6 Å². The third kappa shape index (κ3) is 5.49. The first-order valence-corrected chi connectivity index (χ1v) is 11.0. The lowest BCUT2D eigenvalue weighted by molar-refractivity contribution is -0.154. The zero-order chi connectivity index (χ0) is 22.1. The van der Waals surface area contributed by atoms with Crippen LogP contribution in [0.2, 0.25) is 0 Å². The van der Waals surface area contributed by atoms with Crippen molar-refractivity contribution >= 4 is 11.8 Å². The summed E-state index contributed by atoms with van der Waals surface area (Å²) in [5, 5.41) is 21.4. The van der Waals surface area contributed by atoms with Gasteiger partial charge in [0, 0.05) is 5.92 Å². The summed E-state index contributed by atoms with van der Waals surface area (Å²) in [5.41, 5.74) is -0.0988. The van der Waals surface area contributed by atoms with E-state index in [0.717, 1.165) is 37.7 Å². The maximum atomic E-state index is 13.0. The van der Waals surface area contributed by atoms with Crippen LogP contribution < -0.4 is 0 Å². The predicted octanol–water partition coefficient (Wildman–Crippen LogP) is 4.05. The first-order valence-electron chi connectivity index (χ1n) is 11.0. The molecule has 1 aliphatic heterocycles. The highest BCUT2D eigenvalue weighted by atomic mass is 16.5. The Morgan fingerprint density at radius 3 is 2.38 bits per heavy atom. The largest absolute Gasteiger partial charge is 0.458 e. The minimum Gasteiger partial charge on any atom is -0.458 e. The summed E-state index contributed by atoms with van der Waals surface area (Å²) in [6.07, 6.45) is 2.26. The third-order valence-electron chi connectivity index (χ3n) is 7.60. The van der Waals surface area contributed by atoms with Crippen LogP contribution in [0.15, 0.2) is 12.2 Å². The Kier molecular flexibility index (Phi) is 7.38. The zero-order valence-electron chi connectivity index (χ0n) is 19.0. The summed E-state index contributed by atoms with van der Waals surface area (Å²) < 4.78 is 5.66. The molecular weight excluding hydrogens is 368 g/mol. The molecule has 1 saturated carbocycles. The Hall–Kier alpha value is -1.20. The third-order valence-corrected chi connectivity index (χ3v) is 7.60. The monoisotopic (exact) mass is 408 g/mol. The number of ether oxygens (including phenoxy) is 1. The van der Waals surface area contributed by atoms with Crippen molar-refractivity contribution in [1.82, 2.24) is 0 Å². The summed E-state index contributed by atoms with van der Waals surface area (Å²) in [4.78, 5) is 25.5. The van der Waals surface area contributed by atoms with Crippen molar-refractivity contribution in [3.05, 3.63) is 12.2 Å². The second-order valence-corrected chi connectivity index (χ2v) is 10.6. The molecule has 166 valence electrons. The van der Waals surface area contributed by atoms with Crippen LogP contribution in [-0.2, 0) is 14.3 Å². The molecule has 0 spiro atoms. The molecule has 0 aromatic rings. The second-order valence-electron chi connectivity index (χ2n) is 10.6. The van der Waals surface area contributed by atoms with Gasteiger partial charge in [0.15, 0.2) is 0 Å². The van der Waals surface area contributed by atoms with Crippen LogP contribution >= 0.6 is 0 Å². The van der Waals surface area contributed by atoms with Crippen LogP contribution in [0.3, 0.4) is 0 Å². The lowest BCUT2D eigenvalue weighted by atomic mass is 9.73. The summed E-state index contributed by atoms with van der Waals surface area (Å²) in [6, 6.07) is 0. The molecule has 0 unspecified atom stereocenters. The van der Waals surface area contributed by atoms with Gasteiger partial charge in [-0.25, -0.2) is 0 Å². The molecule has 5 nitrogen and oxygen atoms in total. The van der Waals surface area contributed by atoms with Crippen molar-refractivity contribution in [2.45, 2.75) is 98.4 Å². The number of rotatable bonds is 1. The fourth-order valence-corrected chi connectivity index (χ4v) is 4.80. The van der Waals surface area contributed by atoms with E-state index in [1.54, 1.807) is 20.8 Å². The Morgan fingerprint density at radius 2 is 1.79 bits per heavy atom. The van der Waals surface area contributed by atoms with Gasteiger partial charge in [0.1, 0.15) is 11.9 Å².